The lowest BCUT2D eigenvalue weighted by atomic mass is 9.63. The van der Waals surface area contributed by atoms with Gasteiger partial charge >= 0.3 is 0 Å². The molecule has 0 amide bonds. The van der Waals surface area contributed by atoms with Gasteiger partial charge in [0.1, 0.15) is 0 Å². The van der Waals surface area contributed by atoms with E-state index in [-0.39, 0.29) is 0 Å². The molecule has 0 aromatic heterocycles. The summed E-state index contributed by atoms with van der Waals surface area (Å²) in [6.45, 7) is 11.9. The average molecular weight is 182 g/mol. The summed E-state index contributed by atoms with van der Waals surface area (Å²) in [7, 11) is 0. The molecule has 0 heteroatoms. The van der Waals surface area contributed by atoms with Crippen LogP contribution < -0.4 is 0 Å². The summed E-state index contributed by atoms with van der Waals surface area (Å²) in [6, 6.07) is 0. The number of hydrogen-bond acceptors (Lipinski definition) is 0. The van der Waals surface area contributed by atoms with Crippen molar-refractivity contribution in [3.63, 3.8) is 0 Å². The van der Waals surface area contributed by atoms with Gasteiger partial charge in [-0.2, -0.15) is 0 Å². The molecule has 0 aromatic carbocycles. The Hall–Kier alpha value is 0. The molecule has 13 heavy (non-hydrogen) atoms. The quantitative estimate of drug-likeness (QED) is 0.600. The van der Waals surface area contributed by atoms with Gasteiger partial charge in [0.15, 0.2) is 0 Å². The fraction of sp³-hybridized carbons (Fsp3) is 1.00. The Balaban J connectivity index is 2.21. The van der Waals surface area contributed by atoms with E-state index in [0.717, 1.165) is 17.8 Å². The van der Waals surface area contributed by atoms with E-state index in [4.69, 9.17) is 0 Å². The van der Waals surface area contributed by atoms with Crippen molar-refractivity contribution in [2.45, 2.75) is 60.3 Å². The third-order valence-corrected chi connectivity index (χ3v) is 4.46. The molecular weight excluding hydrogens is 156 g/mol. The normalized spacial score (nSPS) is 34.4. The van der Waals surface area contributed by atoms with E-state index < -0.39 is 0 Å². The van der Waals surface area contributed by atoms with Crippen LogP contribution in [0.5, 0.6) is 0 Å². The second kappa shape index (κ2) is 4.02. The summed E-state index contributed by atoms with van der Waals surface area (Å²) in [6.07, 6.45) is 5.70. The average Bonchev–Trinajstić information content (AvgIpc) is 2.11. The van der Waals surface area contributed by atoms with E-state index >= 15 is 0 Å². The minimum absolute atomic E-state index is 0.582. The van der Waals surface area contributed by atoms with Crippen molar-refractivity contribution in [3.8, 4) is 0 Å². The third-order valence-electron chi connectivity index (χ3n) is 4.46. The van der Waals surface area contributed by atoms with Gasteiger partial charge in [0.05, 0.1) is 0 Å². The number of hydrogen-bond donors (Lipinski definition) is 0. The van der Waals surface area contributed by atoms with Crippen LogP contribution in [0.2, 0.25) is 0 Å². The molecule has 1 fully saturated rings. The number of rotatable bonds is 4. The first-order valence-electron chi connectivity index (χ1n) is 5.96. The summed E-state index contributed by atoms with van der Waals surface area (Å²) in [5.41, 5.74) is 0.582. The second-order valence-electron chi connectivity index (χ2n) is 5.89. The molecule has 1 saturated carbocycles. The summed E-state index contributed by atoms with van der Waals surface area (Å²) in [5, 5.41) is 0. The van der Waals surface area contributed by atoms with Crippen molar-refractivity contribution >= 4 is 0 Å². The van der Waals surface area contributed by atoms with E-state index in [2.05, 4.69) is 34.6 Å². The summed E-state index contributed by atoms with van der Waals surface area (Å²) < 4.78 is 0. The predicted molar refractivity (Wildman–Crippen MR) is 59.7 cm³/mol. The highest BCUT2D eigenvalue weighted by Crippen LogP contribution is 2.44. The molecule has 0 aromatic rings. The van der Waals surface area contributed by atoms with Gasteiger partial charge in [-0.1, -0.05) is 41.0 Å². The van der Waals surface area contributed by atoms with Crippen LogP contribution >= 0.6 is 0 Å². The fourth-order valence-electron chi connectivity index (χ4n) is 2.31. The van der Waals surface area contributed by atoms with Crippen LogP contribution in [0, 0.1) is 23.2 Å². The van der Waals surface area contributed by atoms with Gasteiger partial charge in [-0.05, 0) is 42.4 Å². The van der Waals surface area contributed by atoms with Crippen LogP contribution in [0.25, 0.3) is 0 Å². The molecule has 0 saturated heterocycles. The molecule has 0 heterocycles. The zero-order chi connectivity index (χ0) is 10.1. The van der Waals surface area contributed by atoms with Crippen molar-refractivity contribution in [3.05, 3.63) is 0 Å². The first kappa shape index (κ1) is 11.1. The molecule has 1 aliphatic rings. The molecular formula is C13H26. The van der Waals surface area contributed by atoms with E-state index in [1.54, 1.807) is 0 Å². The van der Waals surface area contributed by atoms with Crippen molar-refractivity contribution in [2.24, 2.45) is 23.2 Å². The van der Waals surface area contributed by atoms with Crippen molar-refractivity contribution in [1.82, 2.24) is 0 Å². The Labute approximate surface area is 84.1 Å². The molecule has 0 radical (unpaired) electrons. The zero-order valence-corrected chi connectivity index (χ0v) is 10.1. The highest BCUT2D eigenvalue weighted by Gasteiger charge is 2.34. The van der Waals surface area contributed by atoms with Crippen LogP contribution in [-0.2, 0) is 0 Å². The van der Waals surface area contributed by atoms with Crippen LogP contribution in [0.4, 0.5) is 0 Å². The second-order valence-corrected chi connectivity index (χ2v) is 5.89. The Bertz CT molecular complexity index is 157. The zero-order valence-electron chi connectivity index (χ0n) is 10.1. The van der Waals surface area contributed by atoms with Gasteiger partial charge in [0, 0.05) is 0 Å². The summed E-state index contributed by atoms with van der Waals surface area (Å²) in [5.74, 6) is 3.03. The highest BCUT2D eigenvalue weighted by atomic mass is 14.4. The van der Waals surface area contributed by atoms with Crippen molar-refractivity contribution in [2.75, 3.05) is 0 Å². The maximum Gasteiger partial charge on any atom is -0.0357 e. The highest BCUT2D eigenvalue weighted by molar-refractivity contribution is 4.84. The van der Waals surface area contributed by atoms with E-state index in [0.29, 0.717) is 5.41 Å². The molecule has 3 unspecified atom stereocenters. The van der Waals surface area contributed by atoms with Gasteiger partial charge in [0.2, 0.25) is 0 Å². The lowest BCUT2D eigenvalue weighted by molar-refractivity contribution is 0.0808. The molecule has 3 atom stereocenters. The van der Waals surface area contributed by atoms with Gasteiger partial charge in [0.25, 0.3) is 0 Å². The lowest BCUT2D eigenvalue weighted by Crippen LogP contribution is -2.33. The Kier molecular flexibility index (Phi) is 3.43. The molecule has 78 valence electrons. The standard InChI is InChI=1S/C13H26/c1-6-13(4,5)8-7-12-9-10(2)11(12)3/h10-12H,6-9H2,1-5H3. The molecule has 1 aliphatic carbocycles. The largest absolute Gasteiger partial charge is 0.0649 e. The summed E-state index contributed by atoms with van der Waals surface area (Å²) >= 11 is 0. The molecule has 0 N–H and O–H groups in total. The Morgan fingerprint density at radius 3 is 2.23 bits per heavy atom. The monoisotopic (exact) mass is 182 g/mol. The SMILES string of the molecule is CCC(C)(C)CCC1CC(C)C1C. The van der Waals surface area contributed by atoms with Crippen molar-refractivity contribution < 1.29 is 0 Å². The van der Waals surface area contributed by atoms with Gasteiger partial charge in [-0.15, -0.1) is 0 Å². The maximum absolute atomic E-state index is 2.43. The maximum atomic E-state index is 2.43. The first-order valence-corrected chi connectivity index (χ1v) is 5.96. The third kappa shape index (κ3) is 2.72. The van der Waals surface area contributed by atoms with Crippen LogP contribution in [0.3, 0.4) is 0 Å². The lowest BCUT2D eigenvalue weighted by Gasteiger charge is -2.42. The van der Waals surface area contributed by atoms with Crippen LogP contribution in [0.1, 0.15) is 60.3 Å². The Morgan fingerprint density at radius 1 is 1.23 bits per heavy atom. The molecule has 1 rings (SSSR count). The smallest absolute Gasteiger partial charge is 0.0357 e. The fourth-order valence-corrected chi connectivity index (χ4v) is 2.31. The van der Waals surface area contributed by atoms with Crippen LogP contribution in [-0.4, -0.2) is 0 Å². The van der Waals surface area contributed by atoms with E-state index in [9.17, 15) is 0 Å². The van der Waals surface area contributed by atoms with Gasteiger partial charge < -0.3 is 0 Å². The molecule has 0 spiro atoms. The van der Waals surface area contributed by atoms with Gasteiger partial charge in [-0.25, -0.2) is 0 Å². The van der Waals surface area contributed by atoms with Crippen molar-refractivity contribution in [1.29, 1.82) is 0 Å². The van der Waals surface area contributed by atoms with E-state index in [1.165, 1.54) is 25.7 Å². The first-order chi connectivity index (χ1) is 5.96. The molecule has 0 aliphatic heterocycles. The van der Waals surface area contributed by atoms with Crippen LogP contribution in [0.15, 0.2) is 0 Å². The summed E-state index contributed by atoms with van der Waals surface area (Å²) in [4.78, 5) is 0. The Morgan fingerprint density at radius 2 is 1.85 bits per heavy atom. The minimum atomic E-state index is 0.582. The topological polar surface area (TPSA) is 0 Å². The minimum Gasteiger partial charge on any atom is -0.0649 e. The van der Waals surface area contributed by atoms with Gasteiger partial charge in [-0.3, -0.25) is 0 Å². The van der Waals surface area contributed by atoms with E-state index in [1.807, 2.05) is 0 Å². The predicted octanol–water partition coefficient (Wildman–Crippen LogP) is 4.49. The molecule has 0 bridgehead atoms. The molecule has 0 nitrogen and oxygen atoms in total.